The minimum Gasteiger partial charge on any atom is -0.378 e. The fourth-order valence-corrected chi connectivity index (χ4v) is 2.07. The zero-order valence-corrected chi connectivity index (χ0v) is 13.5. The van der Waals surface area contributed by atoms with E-state index in [9.17, 15) is 0 Å². The molecule has 0 saturated heterocycles. The summed E-state index contributed by atoms with van der Waals surface area (Å²) in [4.78, 5) is 0. The van der Waals surface area contributed by atoms with Crippen LogP contribution in [0.4, 0.5) is 5.69 Å². The Morgan fingerprint density at radius 1 is 1.37 bits per heavy atom. The molecule has 6 heteroatoms. The van der Waals surface area contributed by atoms with Gasteiger partial charge in [0.05, 0.1) is 29.0 Å². The third-order valence-electron chi connectivity index (χ3n) is 2.62. The molecule has 0 fully saturated rings. The van der Waals surface area contributed by atoms with Crippen LogP contribution in [-0.2, 0) is 12.1 Å². The van der Waals surface area contributed by atoms with Crippen molar-refractivity contribution in [2.45, 2.75) is 32.9 Å². The van der Waals surface area contributed by atoms with Gasteiger partial charge < -0.3 is 5.32 Å². The highest BCUT2D eigenvalue weighted by atomic mass is 79.9. The van der Waals surface area contributed by atoms with Crippen LogP contribution in [0, 0.1) is 0 Å². The molecule has 2 rings (SSSR count). The minimum absolute atomic E-state index is 0.0569. The molecule has 0 aliphatic rings. The second-order valence-electron chi connectivity index (χ2n) is 5.30. The number of nitrogens with one attached hydrogen (secondary N) is 1. The molecule has 0 spiro atoms. The lowest BCUT2D eigenvalue weighted by Gasteiger charge is -2.17. The van der Waals surface area contributed by atoms with Gasteiger partial charge in [0.15, 0.2) is 0 Å². The number of rotatable bonds is 3. The Hall–Kier alpha value is -1.07. The first-order chi connectivity index (χ1) is 8.86. The summed E-state index contributed by atoms with van der Waals surface area (Å²) < 4.78 is 2.84. The number of hydrogen-bond donors (Lipinski definition) is 1. The van der Waals surface area contributed by atoms with Gasteiger partial charge in [0.25, 0.3) is 0 Å². The van der Waals surface area contributed by atoms with Crippen LogP contribution in [-0.4, -0.2) is 15.0 Å². The van der Waals surface area contributed by atoms with E-state index in [4.69, 9.17) is 11.6 Å². The van der Waals surface area contributed by atoms with Gasteiger partial charge in [-0.15, -0.1) is 5.10 Å². The first-order valence-corrected chi connectivity index (χ1v) is 7.14. The van der Waals surface area contributed by atoms with E-state index in [1.807, 2.05) is 29.1 Å². The molecule has 1 N–H and O–H groups in total. The smallest absolute Gasteiger partial charge is 0.102 e. The van der Waals surface area contributed by atoms with Crippen molar-refractivity contribution in [3.8, 4) is 0 Å². The van der Waals surface area contributed by atoms with Crippen molar-refractivity contribution < 1.29 is 0 Å². The first kappa shape index (κ1) is 14.3. The largest absolute Gasteiger partial charge is 0.378 e. The van der Waals surface area contributed by atoms with Gasteiger partial charge in [0.1, 0.15) is 5.69 Å². The third kappa shape index (κ3) is 3.70. The molecule has 102 valence electrons. The number of halogens is 2. The lowest BCUT2D eigenvalue weighted by Crippen LogP contribution is -2.22. The van der Waals surface area contributed by atoms with Gasteiger partial charge in [-0.1, -0.05) is 32.7 Å². The molecule has 0 aliphatic carbocycles. The maximum absolute atomic E-state index is 6.12. The summed E-state index contributed by atoms with van der Waals surface area (Å²) >= 11 is 9.54. The molecule has 0 radical (unpaired) electrons. The average molecular weight is 344 g/mol. The number of hydrogen-bond acceptors (Lipinski definition) is 3. The quantitative estimate of drug-likeness (QED) is 0.914. The van der Waals surface area contributed by atoms with Gasteiger partial charge in [-0.05, 0) is 39.0 Å². The summed E-state index contributed by atoms with van der Waals surface area (Å²) in [5.74, 6) is 0. The monoisotopic (exact) mass is 342 g/mol. The van der Waals surface area contributed by atoms with E-state index in [1.165, 1.54) is 0 Å². The molecule has 0 saturated carbocycles. The molecule has 0 bridgehead atoms. The van der Waals surface area contributed by atoms with Gasteiger partial charge in [0.2, 0.25) is 0 Å². The summed E-state index contributed by atoms with van der Waals surface area (Å²) in [5.41, 5.74) is 1.70. The number of aromatic nitrogens is 3. The van der Waals surface area contributed by atoms with E-state index in [0.29, 0.717) is 11.6 Å². The van der Waals surface area contributed by atoms with E-state index < -0.39 is 0 Å². The second-order valence-corrected chi connectivity index (χ2v) is 6.63. The van der Waals surface area contributed by atoms with E-state index in [1.54, 1.807) is 0 Å². The Bertz CT molecular complexity index is 574. The van der Waals surface area contributed by atoms with Crippen LogP contribution < -0.4 is 5.32 Å². The van der Waals surface area contributed by atoms with Crippen LogP contribution in [0.5, 0.6) is 0 Å². The van der Waals surface area contributed by atoms with Gasteiger partial charge >= 0.3 is 0 Å². The maximum atomic E-state index is 6.12. The summed E-state index contributed by atoms with van der Waals surface area (Å²) in [6.07, 6.45) is 1.94. The van der Waals surface area contributed by atoms with Crippen LogP contribution in [0.2, 0.25) is 5.02 Å². The maximum Gasteiger partial charge on any atom is 0.102 e. The molecule has 0 amide bonds. The van der Waals surface area contributed by atoms with Crippen LogP contribution >= 0.6 is 27.5 Å². The molecular weight excluding hydrogens is 328 g/mol. The fraction of sp³-hybridized carbons (Fsp3) is 0.385. The Kier molecular flexibility index (Phi) is 4.16. The van der Waals surface area contributed by atoms with E-state index in [2.05, 4.69) is 52.3 Å². The average Bonchev–Trinajstić information content (AvgIpc) is 2.79. The van der Waals surface area contributed by atoms with Gasteiger partial charge in [-0.2, -0.15) is 0 Å². The van der Waals surface area contributed by atoms with Crippen molar-refractivity contribution in [3.05, 3.63) is 39.6 Å². The van der Waals surface area contributed by atoms with Gasteiger partial charge in [-0.3, -0.25) is 0 Å². The van der Waals surface area contributed by atoms with Crippen LogP contribution in [0.25, 0.3) is 0 Å². The Balaban J connectivity index is 2.06. The van der Waals surface area contributed by atoms with Crippen LogP contribution in [0.3, 0.4) is 0 Å². The molecule has 1 heterocycles. The minimum atomic E-state index is -0.0569. The Morgan fingerprint density at radius 2 is 2.11 bits per heavy atom. The number of benzene rings is 1. The summed E-state index contributed by atoms with van der Waals surface area (Å²) in [7, 11) is 0. The summed E-state index contributed by atoms with van der Waals surface area (Å²) in [5, 5.41) is 12.2. The van der Waals surface area contributed by atoms with Crippen LogP contribution in [0.1, 0.15) is 26.5 Å². The van der Waals surface area contributed by atoms with Crippen molar-refractivity contribution in [2.24, 2.45) is 0 Å². The van der Waals surface area contributed by atoms with Gasteiger partial charge in [0, 0.05) is 4.47 Å². The zero-order valence-electron chi connectivity index (χ0n) is 11.1. The molecule has 19 heavy (non-hydrogen) atoms. The standard InChI is InChI=1S/C13H16BrClN4/c1-13(2,3)19-8-10(17-18-19)7-16-12-6-9(14)4-5-11(12)15/h4-6,8,16H,7H2,1-3H3. The van der Waals surface area contributed by atoms with E-state index in [0.717, 1.165) is 15.9 Å². The summed E-state index contributed by atoms with van der Waals surface area (Å²) in [6.45, 7) is 6.85. The highest BCUT2D eigenvalue weighted by Gasteiger charge is 2.14. The molecule has 0 atom stereocenters. The van der Waals surface area contributed by atoms with Crippen molar-refractivity contribution in [2.75, 3.05) is 5.32 Å². The van der Waals surface area contributed by atoms with Crippen molar-refractivity contribution in [1.82, 2.24) is 15.0 Å². The molecular formula is C13H16BrClN4. The van der Waals surface area contributed by atoms with Crippen molar-refractivity contribution >= 4 is 33.2 Å². The lowest BCUT2D eigenvalue weighted by atomic mass is 10.1. The highest BCUT2D eigenvalue weighted by Crippen LogP contribution is 2.26. The normalized spacial score (nSPS) is 11.6. The molecule has 1 aromatic carbocycles. The predicted molar refractivity (Wildman–Crippen MR) is 81.5 cm³/mol. The lowest BCUT2D eigenvalue weighted by molar-refractivity contribution is 0.347. The van der Waals surface area contributed by atoms with Gasteiger partial charge in [-0.25, -0.2) is 4.68 Å². The fourth-order valence-electron chi connectivity index (χ4n) is 1.53. The Morgan fingerprint density at radius 3 is 2.74 bits per heavy atom. The van der Waals surface area contributed by atoms with E-state index in [-0.39, 0.29) is 5.54 Å². The molecule has 4 nitrogen and oxygen atoms in total. The molecule has 1 aromatic heterocycles. The number of anilines is 1. The third-order valence-corrected chi connectivity index (χ3v) is 3.44. The molecule has 2 aromatic rings. The number of nitrogens with zero attached hydrogens (tertiary/aromatic N) is 3. The van der Waals surface area contributed by atoms with E-state index >= 15 is 0 Å². The van der Waals surface area contributed by atoms with Crippen molar-refractivity contribution in [1.29, 1.82) is 0 Å². The molecule has 0 unspecified atom stereocenters. The van der Waals surface area contributed by atoms with Crippen LogP contribution in [0.15, 0.2) is 28.9 Å². The van der Waals surface area contributed by atoms with Crippen molar-refractivity contribution in [3.63, 3.8) is 0 Å². The highest BCUT2D eigenvalue weighted by molar-refractivity contribution is 9.10. The predicted octanol–water partition coefficient (Wildman–Crippen LogP) is 4.06. The Labute approximate surface area is 126 Å². The zero-order chi connectivity index (χ0) is 14.0. The first-order valence-electron chi connectivity index (χ1n) is 5.97. The second kappa shape index (κ2) is 5.51. The molecule has 0 aliphatic heterocycles. The SMILES string of the molecule is CC(C)(C)n1cc(CNc2cc(Br)ccc2Cl)nn1. The topological polar surface area (TPSA) is 42.7 Å². The summed E-state index contributed by atoms with van der Waals surface area (Å²) in [6, 6.07) is 5.69.